The van der Waals surface area contributed by atoms with E-state index < -0.39 is 0 Å². The molecule has 1 aromatic rings. The van der Waals surface area contributed by atoms with E-state index >= 15 is 0 Å². The lowest BCUT2D eigenvalue weighted by atomic mass is 10.1. The van der Waals surface area contributed by atoms with Crippen LogP contribution in [0.2, 0.25) is 0 Å². The van der Waals surface area contributed by atoms with Gasteiger partial charge in [0.1, 0.15) is 5.71 Å². The molecular weight excluding hydrogens is 216 g/mol. The van der Waals surface area contributed by atoms with Crippen molar-refractivity contribution in [2.45, 2.75) is 0 Å². The normalized spacial score (nSPS) is 16.7. The summed E-state index contributed by atoms with van der Waals surface area (Å²) < 4.78 is 0. The highest BCUT2D eigenvalue weighted by atomic mass is 16.3. The molecule has 0 amide bonds. The molecular formula is C12H13N4O+. The zero-order valence-electron chi connectivity index (χ0n) is 9.09. The predicted molar refractivity (Wildman–Crippen MR) is 67.5 cm³/mol. The van der Waals surface area contributed by atoms with Gasteiger partial charge in [-0.25, -0.2) is 0 Å². The number of hydrogen-bond acceptors (Lipinski definition) is 4. The molecule has 0 fully saturated rings. The molecule has 0 unspecified atom stereocenters. The molecule has 0 saturated carbocycles. The Hall–Kier alpha value is -2.40. The van der Waals surface area contributed by atoms with Gasteiger partial charge < -0.3 is 10.8 Å². The van der Waals surface area contributed by atoms with Crippen molar-refractivity contribution in [1.29, 1.82) is 5.41 Å². The number of nitrogens with two attached hydrogens (primary N) is 2. The Kier molecular flexibility index (Phi) is 3.02. The summed E-state index contributed by atoms with van der Waals surface area (Å²) in [7, 11) is 0. The Balaban J connectivity index is 2.17. The molecule has 2 rings (SSSR count). The first-order chi connectivity index (χ1) is 8.16. The molecule has 0 bridgehead atoms. The van der Waals surface area contributed by atoms with Gasteiger partial charge in [0.25, 0.3) is 0 Å². The summed E-state index contributed by atoms with van der Waals surface area (Å²) in [6.45, 7) is 0. The number of anilines is 1. The molecule has 5 heteroatoms. The smallest absolute Gasteiger partial charge is 0.198 e. The van der Waals surface area contributed by atoms with E-state index in [9.17, 15) is 5.11 Å². The Morgan fingerprint density at radius 2 is 2.00 bits per heavy atom. The van der Waals surface area contributed by atoms with Gasteiger partial charge in [0, 0.05) is 17.8 Å². The first-order valence-corrected chi connectivity index (χ1v) is 5.10. The van der Waals surface area contributed by atoms with Crippen molar-refractivity contribution in [3.05, 3.63) is 42.5 Å². The fourth-order valence-electron chi connectivity index (χ4n) is 1.40. The van der Waals surface area contributed by atoms with Crippen molar-refractivity contribution < 1.29 is 10.5 Å². The van der Waals surface area contributed by atoms with Gasteiger partial charge in [0.15, 0.2) is 11.4 Å². The topological polar surface area (TPSA) is 99.1 Å². The van der Waals surface area contributed by atoms with Crippen LogP contribution in [0.1, 0.15) is 0 Å². The second-order valence-corrected chi connectivity index (χ2v) is 3.59. The minimum atomic E-state index is 0.0798. The van der Waals surface area contributed by atoms with Crippen LogP contribution < -0.4 is 11.2 Å². The van der Waals surface area contributed by atoms with Gasteiger partial charge in [0.05, 0.1) is 5.71 Å². The maximum Gasteiger partial charge on any atom is 0.198 e. The van der Waals surface area contributed by atoms with Gasteiger partial charge >= 0.3 is 0 Å². The first kappa shape index (κ1) is 11.1. The van der Waals surface area contributed by atoms with Crippen molar-refractivity contribution in [3.8, 4) is 5.75 Å². The average molecular weight is 229 g/mol. The van der Waals surface area contributed by atoms with Gasteiger partial charge in [-0.3, -0.25) is 5.41 Å². The highest BCUT2D eigenvalue weighted by Crippen LogP contribution is 2.20. The van der Waals surface area contributed by atoms with E-state index in [1.807, 2.05) is 6.08 Å². The summed E-state index contributed by atoms with van der Waals surface area (Å²) in [5.41, 5.74) is 9.02. The van der Waals surface area contributed by atoms with Crippen molar-refractivity contribution in [1.82, 2.24) is 0 Å². The lowest BCUT2D eigenvalue weighted by Crippen LogP contribution is -2.71. The zero-order chi connectivity index (χ0) is 12.3. The van der Waals surface area contributed by atoms with E-state index in [4.69, 9.17) is 11.1 Å². The number of aromatic hydroxyl groups is 1. The van der Waals surface area contributed by atoms with E-state index in [0.717, 1.165) is 0 Å². The molecule has 86 valence electrons. The van der Waals surface area contributed by atoms with Crippen LogP contribution in [-0.2, 0) is 0 Å². The van der Waals surface area contributed by atoms with Crippen LogP contribution in [0, 0.1) is 5.41 Å². The molecule has 1 aliphatic rings. The van der Waals surface area contributed by atoms with E-state index in [0.29, 0.717) is 22.8 Å². The molecule has 0 saturated heterocycles. The van der Waals surface area contributed by atoms with Crippen LogP contribution in [0.3, 0.4) is 0 Å². The predicted octanol–water partition coefficient (Wildman–Crippen LogP) is 0.671. The Morgan fingerprint density at radius 1 is 1.24 bits per heavy atom. The van der Waals surface area contributed by atoms with Gasteiger partial charge in [-0.1, -0.05) is 17.3 Å². The molecule has 0 radical (unpaired) electrons. The summed E-state index contributed by atoms with van der Waals surface area (Å²) in [6, 6.07) is 4.84. The van der Waals surface area contributed by atoms with Gasteiger partial charge in [0.2, 0.25) is 0 Å². The third kappa shape index (κ3) is 2.59. The van der Waals surface area contributed by atoms with E-state index in [2.05, 4.69) is 5.10 Å². The maximum atomic E-state index is 9.62. The average Bonchev–Trinajstić information content (AvgIpc) is 2.30. The van der Waals surface area contributed by atoms with E-state index in [-0.39, 0.29) is 5.75 Å². The number of phenolic OH excluding ortho intramolecular Hbond substituents is 1. The second kappa shape index (κ2) is 4.63. The monoisotopic (exact) mass is 229 g/mol. The number of nitrogens with zero attached hydrogens (tertiary/aromatic N) is 1. The Bertz CT molecular complexity index is 543. The Morgan fingerprint density at radius 3 is 2.71 bits per heavy atom. The summed E-state index contributed by atoms with van der Waals surface area (Å²) in [4.78, 5) is 0. The number of hydrogen-bond donors (Lipinski definition) is 4. The molecule has 0 spiro atoms. The number of rotatable bonds is 2. The largest absolute Gasteiger partial charge is 0.503 e. The van der Waals surface area contributed by atoms with Gasteiger partial charge in [-0.05, 0) is 18.2 Å². The highest BCUT2D eigenvalue weighted by molar-refractivity contribution is 6.49. The molecule has 6 N–H and O–H groups in total. The van der Waals surface area contributed by atoms with Crippen LogP contribution in [0.5, 0.6) is 5.75 Å². The molecule has 5 nitrogen and oxygen atoms in total. The zero-order valence-corrected chi connectivity index (χ0v) is 9.09. The number of allylic oxidation sites excluding steroid dienone is 4. The SMILES string of the molecule is N=C1C=CC=C/C1=N/[NH2+]c1ccc(N)cc1O. The first-order valence-electron chi connectivity index (χ1n) is 5.10. The Labute approximate surface area is 98.5 Å². The van der Waals surface area contributed by atoms with E-state index in [1.165, 1.54) is 11.5 Å². The summed E-state index contributed by atoms with van der Waals surface area (Å²) >= 11 is 0. The maximum absolute atomic E-state index is 9.62. The van der Waals surface area contributed by atoms with Gasteiger partial charge in [-0.15, -0.1) is 0 Å². The quantitative estimate of drug-likeness (QED) is 0.197. The standard InChI is InChI=1S/C12H12N4O/c13-8-5-6-11(12(17)7-8)16-15-10-4-2-1-3-9(10)14/h1-7,14,16-17H,13H2/p+1/b14-9?,15-10-. The summed E-state index contributed by atoms with van der Waals surface area (Å²) in [5.74, 6) is 0.0798. The molecule has 17 heavy (non-hydrogen) atoms. The minimum Gasteiger partial charge on any atom is -0.503 e. The lowest BCUT2D eigenvalue weighted by molar-refractivity contribution is -0.577. The molecule has 0 aromatic heterocycles. The molecule has 1 aromatic carbocycles. The molecule has 1 aliphatic carbocycles. The molecule has 0 aliphatic heterocycles. The summed E-state index contributed by atoms with van der Waals surface area (Å²) in [6.07, 6.45) is 7.00. The van der Waals surface area contributed by atoms with E-state index in [1.54, 1.807) is 30.4 Å². The van der Waals surface area contributed by atoms with Crippen molar-refractivity contribution in [2.24, 2.45) is 5.10 Å². The fourth-order valence-corrected chi connectivity index (χ4v) is 1.40. The van der Waals surface area contributed by atoms with Gasteiger partial charge in [-0.2, -0.15) is 5.43 Å². The second-order valence-electron chi connectivity index (χ2n) is 3.59. The van der Waals surface area contributed by atoms with Crippen molar-refractivity contribution >= 4 is 22.8 Å². The van der Waals surface area contributed by atoms with Crippen molar-refractivity contribution in [3.63, 3.8) is 0 Å². The third-order valence-corrected chi connectivity index (χ3v) is 2.30. The number of benzene rings is 1. The fraction of sp³-hybridized carbons (Fsp3) is 0. The number of nitrogens with one attached hydrogen (secondary N) is 1. The lowest BCUT2D eigenvalue weighted by Gasteiger charge is -2.02. The van der Waals surface area contributed by atoms with Crippen molar-refractivity contribution in [2.75, 3.05) is 5.73 Å². The van der Waals surface area contributed by atoms with Crippen LogP contribution in [0.15, 0.2) is 47.6 Å². The minimum absolute atomic E-state index is 0.0798. The number of nitrogen functional groups attached to an aromatic ring is 1. The molecule has 0 atom stereocenters. The third-order valence-electron chi connectivity index (χ3n) is 2.30. The van der Waals surface area contributed by atoms with Crippen LogP contribution >= 0.6 is 0 Å². The number of quaternary nitrogens is 1. The summed E-state index contributed by atoms with van der Waals surface area (Å²) in [5, 5.41) is 21.4. The number of phenols is 1. The van der Waals surface area contributed by atoms with Crippen LogP contribution in [0.25, 0.3) is 0 Å². The van der Waals surface area contributed by atoms with Crippen LogP contribution in [-0.4, -0.2) is 16.5 Å². The molecule has 0 heterocycles. The van der Waals surface area contributed by atoms with Crippen LogP contribution in [0.4, 0.5) is 11.4 Å². The highest BCUT2D eigenvalue weighted by Gasteiger charge is 2.08.